The Morgan fingerprint density at radius 3 is 1.50 bits per heavy atom. The molecule has 0 saturated heterocycles. The zero-order valence-electron chi connectivity index (χ0n) is 29.5. The van der Waals surface area contributed by atoms with Crippen molar-refractivity contribution in [3.63, 3.8) is 0 Å². The Morgan fingerprint density at radius 1 is 0.543 bits per heavy atom. The van der Waals surface area contributed by atoms with Gasteiger partial charge in [0.05, 0.1) is 18.8 Å². The summed E-state index contributed by atoms with van der Waals surface area (Å²) in [5.74, 6) is -0.0941. The molecular weight excluding hydrogens is 566 g/mol. The fraction of sp³-hybridized carbons (Fsp3) is 0.595. The number of carbonyl (C=O) groups is 1. The molecule has 0 aliphatic carbocycles. The second-order valence-electron chi connectivity index (χ2n) is 11.9. The molecule has 0 saturated carbocycles. The third-order valence-electron chi connectivity index (χ3n) is 7.53. The van der Waals surface area contributed by atoms with Gasteiger partial charge in [0.15, 0.2) is 0 Å². The maximum absolute atomic E-state index is 12.3. The standard InChI is InChI=1S/C42H69NO3/c1-3-5-7-9-11-12-13-14-15-16-17-18-19-20-21-22-23-24-25-26-27-28-29-30-32-34-36-38-42(46)43-40(39-44)41(45)37-35-33-31-10-8-6-4-2/h5,7-8,10-12,14-15,17-18,20-21,23-24,35,37,40-41,44-45H,3-4,6,9,13,16,19,22,25-34,36,38-39H2,1-2H3,(H,43,46)/b7-5-,10-8+,12-11-,15-14-,18-17-,21-20-,24-23-,37-35+. The van der Waals surface area contributed by atoms with Crippen LogP contribution in [0.3, 0.4) is 0 Å². The van der Waals surface area contributed by atoms with E-state index in [0.29, 0.717) is 6.42 Å². The third kappa shape index (κ3) is 32.7. The molecule has 260 valence electrons. The molecule has 1 amide bonds. The number of allylic oxidation sites excluding steroid dienone is 15. The molecule has 0 aromatic heterocycles. The highest BCUT2D eigenvalue weighted by Gasteiger charge is 2.17. The fourth-order valence-electron chi connectivity index (χ4n) is 4.73. The topological polar surface area (TPSA) is 69.6 Å². The first-order chi connectivity index (χ1) is 22.7. The van der Waals surface area contributed by atoms with Gasteiger partial charge in [-0.05, 0) is 77.0 Å². The predicted octanol–water partition coefficient (Wildman–Crippen LogP) is 11.1. The molecule has 0 fully saturated rings. The lowest BCUT2D eigenvalue weighted by atomic mass is 10.1. The van der Waals surface area contributed by atoms with Crippen LogP contribution < -0.4 is 5.32 Å². The zero-order chi connectivity index (χ0) is 33.6. The summed E-state index contributed by atoms with van der Waals surface area (Å²) in [6.45, 7) is 4.05. The molecule has 0 bridgehead atoms. The first kappa shape index (κ1) is 43.3. The maximum atomic E-state index is 12.3. The predicted molar refractivity (Wildman–Crippen MR) is 202 cm³/mol. The molecule has 2 atom stereocenters. The maximum Gasteiger partial charge on any atom is 0.220 e. The SMILES string of the molecule is CC/C=C\C/C=C\C/C=C\C/C=C\C/C=C\C/C=C\CCCCCCCCCCC(=O)NC(CO)C(O)/C=C/CC/C=C/CCC. The highest BCUT2D eigenvalue weighted by atomic mass is 16.3. The van der Waals surface area contributed by atoms with Crippen molar-refractivity contribution < 1.29 is 15.0 Å². The van der Waals surface area contributed by atoms with Crippen LogP contribution in [0.15, 0.2) is 97.2 Å². The van der Waals surface area contributed by atoms with Gasteiger partial charge in [-0.1, -0.05) is 156 Å². The van der Waals surface area contributed by atoms with Crippen LogP contribution in [-0.4, -0.2) is 34.9 Å². The van der Waals surface area contributed by atoms with Crippen molar-refractivity contribution in [2.75, 3.05) is 6.61 Å². The molecular formula is C42H69NO3. The van der Waals surface area contributed by atoms with E-state index in [0.717, 1.165) is 89.9 Å². The summed E-state index contributed by atoms with van der Waals surface area (Å²) in [7, 11) is 0. The summed E-state index contributed by atoms with van der Waals surface area (Å²) < 4.78 is 0. The Bertz CT molecular complexity index is 906. The van der Waals surface area contributed by atoms with E-state index in [1.54, 1.807) is 6.08 Å². The number of nitrogens with one attached hydrogen (secondary N) is 1. The Morgan fingerprint density at radius 2 is 0.978 bits per heavy atom. The van der Waals surface area contributed by atoms with Crippen molar-refractivity contribution in [2.24, 2.45) is 0 Å². The van der Waals surface area contributed by atoms with Gasteiger partial charge in [-0.3, -0.25) is 4.79 Å². The largest absolute Gasteiger partial charge is 0.394 e. The molecule has 46 heavy (non-hydrogen) atoms. The molecule has 0 radical (unpaired) electrons. The summed E-state index contributed by atoms with van der Waals surface area (Å²) in [4.78, 5) is 12.3. The molecule has 0 aromatic rings. The summed E-state index contributed by atoms with van der Waals surface area (Å²) >= 11 is 0. The van der Waals surface area contributed by atoms with Gasteiger partial charge >= 0.3 is 0 Å². The van der Waals surface area contributed by atoms with E-state index in [2.05, 4.69) is 104 Å². The van der Waals surface area contributed by atoms with Crippen LogP contribution in [-0.2, 0) is 4.79 Å². The second-order valence-corrected chi connectivity index (χ2v) is 11.9. The van der Waals surface area contributed by atoms with Gasteiger partial charge in [0.2, 0.25) is 5.91 Å². The molecule has 0 spiro atoms. The van der Waals surface area contributed by atoms with E-state index in [-0.39, 0.29) is 12.5 Å². The molecule has 4 heteroatoms. The summed E-state index contributed by atoms with van der Waals surface area (Å²) in [6.07, 6.45) is 55.1. The first-order valence-corrected chi connectivity index (χ1v) is 18.5. The van der Waals surface area contributed by atoms with Crippen molar-refractivity contribution in [1.29, 1.82) is 0 Å². The summed E-state index contributed by atoms with van der Waals surface area (Å²) in [5, 5.41) is 22.7. The molecule has 0 aliphatic heterocycles. The molecule has 3 N–H and O–H groups in total. The summed E-state index contributed by atoms with van der Waals surface area (Å²) in [6, 6.07) is -0.646. The van der Waals surface area contributed by atoms with E-state index in [4.69, 9.17) is 0 Å². The van der Waals surface area contributed by atoms with E-state index in [1.807, 2.05) is 6.08 Å². The highest BCUT2D eigenvalue weighted by Crippen LogP contribution is 2.11. The van der Waals surface area contributed by atoms with Crippen LogP contribution in [0.25, 0.3) is 0 Å². The minimum Gasteiger partial charge on any atom is -0.394 e. The van der Waals surface area contributed by atoms with E-state index >= 15 is 0 Å². The fourth-order valence-corrected chi connectivity index (χ4v) is 4.73. The van der Waals surface area contributed by atoms with Crippen LogP contribution in [0.4, 0.5) is 0 Å². The van der Waals surface area contributed by atoms with Gasteiger partial charge in [0.25, 0.3) is 0 Å². The van der Waals surface area contributed by atoms with Gasteiger partial charge in [0, 0.05) is 6.42 Å². The summed E-state index contributed by atoms with van der Waals surface area (Å²) in [5.41, 5.74) is 0. The first-order valence-electron chi connectivity index (χ1n) is 18.5. The van der Waals surface area contributed by atoms with Gasteiger partial charge in [-0.25, -0.2) is 0 Å². The molecule has 0 heterocycles. The number of hydrogen-bond acceptors (Lipinski definition) is 3. The van der Waals surface area contributed by atoms with Crippen LogP contribution in [0.5, 0.6) is 0 Å². The third-order valence-corrected chi connectivity index (χ3v) is 7.53. The smallest absolute Gasteiger partial charge is 0.220 e. The normalized spacial score (nSPS) is 14.3. The molecule has 0 aliphatic rings. The average Bonchev–Trinajstić information content (AvgIpc) is 3.06. The van der Waals surface area contributed by atoms with E-state index in [9.17, 15) is 15.0 Å². The monoisotopic (exact) mass is 636 g/mol. The lowest BCUT2D eigenvalue weighted by Crippen LogP contribution is -2.45. The second kappa shape index (κ2) is 36.8. The molecule has 2 unspecified atom stereocenters. The Balaban J connectivity index is 3.64. The molecule has 0 rings (SSSR count). The van der Waals surface area contributed by atoms with Crippen molar-refractivity contribution >= 4 is 5.91 Å². The van der Waals surface area contributed by atoms with Crippen LogP contribution in [0.1, 0.15) is 142 Å². The number of rotatable bonds is 31. The Hall–Kier alpha value is -2.69. The number of carbonyl (C=O) groups excluding carboxylic acids is 1. The Kier molecular flexibility index (Phi) is 34.6. The van der Waals surface area contributed by atoms with Crippen molar-refractivity contribution in [1.82, 2.24) is 5.32 Å². The van der Waals surface area contributed by atoms with Crippen LogP contribution in [0, 0.1) is 0 Å². The number of aliphatic hydroxyl groups excluding tert-OH is 2. The van der Waals surface area contributed by atoms with Gasteiger partial charge in [-0.15, -0.1) is 0 Å². The lowest BCUT2D eigenvalue weighted by Gasteiger charge is -2.19. The van der Waals surface area contributed by atoms with Gasteiger partial charge in [0.1, 0.15) is 0 Å². The van der Waals surface area contributed by atoms with E-state index in [1.165, 1.54) is 32.1 Å². The highest BCUT2D eigenvalue weighted by molar-refractivity contribution is 5.76. The van der Waals surface area contributed by atoms with Gasteiger partial charge < -0.3 is 15.5 Å². The van der Waals surface area contributed by atoms with Gasteiger partial charge in [-0.2, -0.15) is 0 Å². The van der Waals surface area contributed by atoms with Crippen molar-refractivity contribution in [3.05, 3.63) is 97.2 Å². The molecule has 0 aromatic carbocycles. The van der Waals surface area contributed by atoms with E-state index < -0.39 is 12.1 Å². The minimum atomic E-state index is -0.868. The number of unbranched alkanes of at least 4 members (excludes halogenated alkanes) is 10. The van der Waals surface area contributed by atoms with Crippen LogP contribution in [0.2, 0.25) is 0 Å². The zero-order valence-corrected chi connectivity index (χ0v) is 29.5. The number of amides is 1. The number of hydrogen-bond donors (Lipinski definition) is 3. The lowest BCUT2D eigenvalue weighted by molar-refractivity contribution is -0.123. The van der Waals surface area contributed by atoms with Crippen molar-refractivity contribution in [3.8, 4) is 0 Å². The Labute approximate surface area is 283 Å². The van der Waals surface area contributed by atoms with Crippen molar-refractivity contribution in [2.45, 2.75) is 154 Å². The molecule has 4 nitrogen and oxygen atoms in total. The average molecular weight is 636 g/mol. The quantitative estimate of drug-likeness (QED) is 0.0524. The van der Waals surface area contributed by atoms with Crippen LogP contribution >= 0.6 is 0 Å². The minimum absolute atomic E-state index is 0.0941. The number of aliphatic hydroxyl groups is 2.